The topological polar surface area (TPSA) is 43.4 Å². The lowest BCUT2D eigenvalue weighted by atomic mass is 9.99. The molecule has 0 aliphatic heterocycles. The van der Waals surface area contributed by atoms with Crippen molar-refractivity contribution in [1.82, 2.24) is 0 Å². The third-order valence-corrected chi connectivity index (χ3v) is 3.81. The molecule has 0 saturated heterocycles. The van der Waals surface area contributed by atoms with Crippen LogP contribution >= 0.6 is 10.7 Å². The van der Waals surface area contributed by atoms with Gasteiger partial charge in [-0.2, -0.15) is 0 Å². The summed E-state index contributed by atoms with van der Waals surface area (Å²) in [7, 11) is 1.61. The molecule has 5 heteroatoms. The van der Waals surface area contributed by atoms with E-state index in [1.165, 1.54) is 12.1 Å². The minimum Gasteiger partial charge on any atom is -0.374 e. The number of halogens is 1. The largest absolute Gasteiger partial charge is 0.374 e. The molecular weight excluding hydrogens is 260 g/mol. The van der Waals surface area contributed by atoms with Gasteiger partial charge in [0.05, 0.1) is 11.0 Å². The molecule has 96 valence electrons. The first kappa shape index (κ1) is 14.5. The number of ether oxygens (including phenoxy) is 1. The van der Waals surface area contributed by atoms with Gasteiger partial charge in [-0.3, -0.25) is 0 Å². The van der Waals surface area contributed by atoms with Crippen LogP contribution in [-0.2, 0) is 13.8 Å². The van der Waals surface area contributed by atoms with Gasteiger partial charge in [0.25, 0.3) is 9.05 Å². The molecular formula is C12H17ClO3S. The molecule has 0 saturated carbocycles. The molecule has 17 heavy (non-hydrogen) atoms. The van der Waals surface area contributed by atoms with Gasteiger partial charge in [-0.05, 0) is 30.5 Å². The van der Waals surface area contributed by atoms with Gasteiger partial charge < -0.3 is 4.74 Å². The van der Waals surface area contributed by atoms with E-state index in [2.05, 4.69) is 13.8 Å². The zero-order chi connectivity index (χ0) is 13.1. The minimum atomic E-state index is -3.65. The Hall–Kier alpha value is -0.580. The quantitative estimate of drug-likeness (QED) is 0.775. The van der Waals surface area contributed by atoms with Gasteiger partial charge >= 0.3 is 0 Å². The van der Waals surface area contributed by atoms with Gasteiger partial charge in [0, 0.05) is 17.3 Å². The number of hydrogen-bond donors (Lipinski definition) is 0. The van der Waals surface area contributed by atoms with E-state index < -0.39 is 9.05 Å². The minimum absolute atomic E-state index is 0.0212. The second-order valence-corrected chi connectivity index (χ2v) is 6.69. The first-order valence-corrected chi connectivity index (χ1v) is 7.83. The predicted octanol–water partition coefficient (Wildman–Crippen LogP) is 3.35. The Bertz CT molecular complexity index is 451. The van der Waals surface area contributed by atoms with Crippen LogP contribution in [0, 0.1) is 5.92 Å². The summed E-state index contributed by atoms with van der Waals surface area (Å²) in [6.07, 6.45) is -0.0212. The number of rotatable bonds is 5. The molecule has 1 rings (SSSR count). The smallest absolute Gasteiger partial charge is 0.261 e. The van der Waals surface area contributed by atoms with E-state index in [-0.39, 0.29) is 11.0 Å². The summed E-state index contributed by atoms with van der Waals surface area (Å²) in [6.45, 7) is 6.68. The molecule has 0 aliphatic carbocycles. The molecule has 1 aromatic rings. The van der Waals surface area contributed by atoms with Gasteiger partial charge in [0.1, 0.15) is 0 Å². The van der Waals surface area contributed by atoms with Gasteiger partial charge in [0.2, 0.25) is 0 Å². The van der Waals surface area contributed by atoms with Gasteiger partial charge in [-0.1, -0.05) is 26.0 Å². The summed E-state index contributed by atoms with van der Waals surface area (Å²) in [5, 5.41) is 0. The maximum atomic E-state index is 11.1. The third-order valence-electron chi connectivity index (χ3n) is 2.44. The molecule has 0 fully saturated rings. The molecule has 0 bridgehead atoms. The van der Waals surface area contributed by atoms with Crippen molar-refractivity contribution in [1.29, 1.82) is 0 Å². The fourth-order valence-corrected chi connectivity index (χ4v) is 2.44. The lowest BCUT2D eigenvalue weighted by molar-refractivity contribution is 0.0294. The summed E-state index contributed by atoms with van der Waals surface area (Å²) < 4.78 is 27.8. The lowest BCUT2D eigenvalue weighted by Gasteiger charge is -2.21. The molecule has 0 unspecified atom stereocenters. The predicted molar refractivity (Wildman–Crippen MR) is 68.7 cm³/mol. The van der Waals surface area contributed by atoms with Crippen molar-refractivity contribution in [3.05, 3.63) is 29.8 Å². The highest BCUT2D eigenvalue weighted by atomic mass is 35.7. The van der Waals surface area contributed by atoms with E-state index in [4.69, 9.17) is 15.4 Å². The summed E-state index contributed by atoms with van der Waals surface area (Å²) in [5.41, 5.74) is 0.964. The van der Waals surface area contributed by atoms with Gasteiger partial charge in [-0.15, -0.1) is 0 Å². The molecule has 3 nitrogen and oxygen atoms in total. The van der Waals surface area contributed by atoms with Crippen LogP contribution < -0.4 is 0 Å². The fraction of sp³-hybridized carbons (Fsp3) is 0.500. The Morgan fingerprint density at radius 2 is 1.76 bits per heavy atom. The lowest BCUT2D eigenvalue weighted by Crippen LogP contribution is -2.11. The molecule has 0 aliphatic rings. The van der Waals surface area contributed by atoms with E-state index in [9.17, 15) is 8.42 Å². The van der Waals surface area contributed by atoms with Crippen molar-refractivity contribution in [2.24, 2.45) is 5.92 Å². The summed E-state index contributed by atoms with van der Waals surface area (Å²) in [6, 6.07) is 6.50. The van der Waals surface area contributed by atoms with Crippen molar-refractivity contribution < 1.29 is 13.2 Å². The van der Waals surface area contributed by atoms with Crippen LogP contribution in [0.5, 0.6) is 0 Å². The highest BCUT2D eigenvalue weighted by molar-refractivity contribution is 8.13. The summed E-state index contributed by atoms with van der Waals surface area (Å²) >= 11 is 0. The molecule has 0 spiro atoms. The molecule has 0 N–H and O–H groups in total. The Kier molecular flexibility index (Phi) is 4.98. The fourth-order valence-electron chi connectivity index (χ4n) is 1.67. The second-order valence-electron chi connectivity index (χ2n) is 4.13. The van der Waals surface area contributed by atoms with Crippen molar-refractivity contribution in [2.75, 3.05) is 6.61 Å². The van der Waals surface area contributed by atoms with E-state index in [1.54, 1.807) is 12.1 Å². The Labute approximate surface area is 107 Å². The number of benzene rings is 1. The standard InChI is InChI=1S/C12H17ClO3S/c1-4-16-12(9(2)3)10-5-7-11(8-6-10)17(13,14)15/h5-9,12H,4H2,1-3H3/t12-/m1/s1. The molecule has 0 amide bonds. The first-order chi connectivity index (χ1) is 7.86. The summed E-state index contributed by atoms with van der Waals surface area (Å²) in [4.78, 5) is 0.113. The van der Waals surface area contributed by atoms with Crippen molar-refractivity contribution in [3.63, 3.8) is 0 Å². The van der Waals surface area contributed by atoms with Crippen molar-refractivity contribution in [3.8, 4) is 0 Å². The normalized spacial score (nSPS) is 13.9. The SMILES string of the molecule is CCO[C@@H](c1ccc(S(=O)(=O)Cl)cc1)C(C)C. The average Bonchev–Trinajstić information content (AvgIpc) is 2.24. The highest BCUT2D eigenvalue weighted by Crippen LogP contribution is 2.27. The second kappa shape index (κ2) is 5.85. The van der Waals surface area contributed by atoms with Crippen LogP contribution in [0.2, 0.25) is 0 Å². The molecule has 1 aromatic carbocycles. The summed E-state index contributed by atoms with van der Waals surface area (Å²) in [5.74, 6) is 0.327. The van der Waals surface area contributed by atoms with E-state index in [0.29, 0.717) is 12.5 Å². The first-order valence-electron chi connectivity index (χ1n) is 5.52. The Balaban J connectivity index is 3.00. The van der Waals surface area contributed by atoms with E-state index >= 15 is 0 Å². The van der Waals surface area contributed by atoms with E-state index in [1.807, 2.05) is 6.92 Å². The van der Waals surface area contributed by atoms with Crippen LogP contribution in [0.25, 0.3) is 0 Å². The highest BCUT2D eigenvalue weighted by Gasteiger charge is 2.17. The zero-order valence-electron chi connectivity index (χ0n) is 10.2. The van der Waals surface area contributed by atoms with Crippen molar-refractivity contribution >= 4 is 19.7 Å². The average molecular weight is 277 g/mol. The van der Waals surface area contributed by atoms with Crippen molar-refractivity contribution in [2.45, 2.75) is 31.8 Å². The van der Waals surface area contributed by atoms with Crippen LogP contribution in [0.3, 0.4) is 0 Å². The van der Waals surface area contributed by atoms with Crippen LogP contribution in [0.15, 0.2) is 29.2 Å². The third kappa shape index (κ3) is 3.98. The molecule has 0 radical (unpaired) electrons. The molecule has 1 atom stereocenters. The van der Waals surface area contributed by atoms with Crippen LogP contribution in [-0.4, -0.2) is 15.0 Å². The molecule has 0 aromatic heterocycles. The molecule has 0 heterocycles. The number of hydrogen-bond acceptors (Lipinski definition) is 3. The van der Waals surface area contributed by atoms with E-state index in [0.717, 1.165) is 5.56 Å². The van der Waals surface area contributed by atoms with Gasteiger partial charge in [0.15, 0.2) is 0 Å². The maximum absolute atomic E-state index is 11.1. The Morgan fingerprint density at radius 1 is 1.24 bits per heavy atom. The van der Waals surface area contributed by atoms with Gasteiger partial charge in [-0.25, -0.2) is 8.42 Å². The Morgan fingerprint density at radius 3 is 2.12 bits per heavy atom. The zero-order valence-corrected chi connectivity index (χ0v) is 11.8. The maximum Gasteiger partial charge on any atom is 0.261 e. The van der Waals surface area contributed by atoms with Crippen LogP contribution in [0.1, 0.15) is 32.4 Å². The monoisotopic (exact) mass is 276 g/mol. The van der Waals surface area contributed by atoms with Crippen LogP contribution in [0.4, 0.5) is 0 Å².